The maximum Gasteiger partial charge on any atom is 0.243 e. The number of thioether (sulfide) groups is 1. The predicted octanol–water partition coefficient (Wildman–Crippen LogP) is 2.74. The lowest BCUT2D eigenvalue weighted by molar-refractivity contribution is -0.121. The van der Waals surface area contributed by atoms with Crippen LogP contribution >= 0.6 is 11.8 Å². The highest BCUT2D eigenvalue weighted by Gasteiger charge is 2.22. The molecule has 0 aliphatic carbocycles. The summed E-state index contributed by atoms with van der Waals surface area (Å²) in [6.07, 6.45) is 0.725. The molecule has 26 heavy (non-hydrogen) atoms. The van der Waals surface area contributed by atoms with E-state index in [-0.39, 0.29) is 23.2 Å². The molecule has 0 aliphatic rings. The Kier molecular flexibility index (Phi) is 7.62. The number of carbonyl (C=O) groups is 1. The second-order valence-electron chi connectivity index (χ2n) is 5.58. The van der Waals surface area contributed by atoms with Gasteiger partial charge in [-0.05, 0) is 48.6 Å². The summed E-state index contributed by atoms with van der Waals surface area (Å²) in [5.41, 5.74) is 0. The zero-order valence-electron chi connectivity index (χ0n) is 14.4. The van der Waals surface area contributed by atoms with Gasteiger partial charge in [0.25, 0.3) is 0 Å². The molecule has 0 saturated heterocycles. The third-order valence-corrected chi connectivity index (χ3v) is 6.46. The molecule has 8 heteroatoms. The highest BCUT2D eigenvalue weighted by Crippen LogP contribution is 2.18. The van der Waals surface area contributed by atoms with Gasteiger partial charge in [0, 0.05) is 18.5 Å². The van der Waals surface area contributed by atoms with Gasteiger partial charge in [0.2, 0.25) is 15.9 Å². The largest absolute Gasteiger partial charge is 0.355 e. The normalized spacial score (nSPS) is 11.5. The number of nitrogens with zero attached hydrogens (tertiary/aromatic N) is 1. The van der Waals surface area contributed by atoms with Crippen molar-refractivity contribution < 1.29 is 17.6 Å². The molecule has 0 radical (unpaired) electrons. The van der Waals surface area contributed by atoms with E-state index in [1.807, 2.05) is 0 Å². The first-order valence-corrected chi connectivity index (χ1v) is 10.5. The Morgan fingerprint density at radius 2 is 1.77 bits per heavy atom. The first kappa shape index (κ1) is 20.4. The van der Waals surface area contributed by atoms with Gasteiger partial charge in [-0.2, -0.15) is 4.31 Å². The number of rotatable bonds is 9. The van der Waals surface area contributed by atoms with Crippen molar-refractivity contribution in [1.82, 2.24) is 9.62 Å². The summed E-state index contributed by atoms with van der Waals surface area (Å²) in [4.78, 5) is 13.1. The number of sulfonamides is 1. The smallest absolute Gasteiger partial charge is 0.243 e. The standard InChI is InChI=1S/C18H21FN2O3S2/c1-21(26(23,24)17-6-3-2-4-7-17)14-18(22)20-12-5-13-25-16-10-8-15(19)9-11-16/h2-4,6-11H,5,12-14H2,1H3,(H,20,22). The molecule has 2 rings (SSSR count). The Morgan fingerprint density at radius 3 is 2.42 bits per heavy atom. The Morgan fingerprint density at radius 1 is 1.12 bits per heavy atom. The van der Waals surface area contributed by atoms with Gasteiger partial charge in [-0.25, -0.2) is 12.8 Å². The summed E-state index contributed by atoms with van der Waals surface area (Å²) in [5.74, 6) is 0.152. The van der Waals surface area contributed by atoms with Crippen LogP contribution < -0.4 is 5.32 Å². The second-order valence-corrected chi connectivity index (χ2v) is 8.79. The fraction of sp³-hybridized carbons (Fsp3) is 0.278. The molecule has 0 bridgehead atoms. The molecule has 0 unspecified atom stereocenters. The van der Waals surface area contributed by atoms with Crippen LogP contribution in [0.4, 0.5) is 4.39 Å². The van der Waals surface area contributed by atoms with Crippen molar-refractivity contribution in [3.05, 3.63) is 60.4 Å². The fourth-order valence-corrected chi connectivity index (χ4v) is 4.14. The van der Waals surface area contributed by atoms with Crippen LogP contribution in [0.2, 0.25) is 0 Å². The summed E-state index contributed by atoms with van der Waals surface area (Å²) in [6.45, 7) is 0.217. The second kappa shape index (κ2) is 9.70. The predicted molar refractivity (Wildman–Crippen MR) is 101 cm³/mol. The van der Waals surface area contributed by atoms with Gasteiger partial charge in [-0.15, -0.1) is 11.8 Å². The van der Waals surface area contributed by atoms with Crippen molar-refractivity contribution in [1.29, 1.82) is 0 Å². The molecule has 0 aliphatic heterocycles. The third-order valence-electron chi connectivity index (χ3n) is 3.54. The first-order valence-electron chi connectivity index (χ1n) is 8.06. The summed E-state index contributed by atoms with van der Waals surface area (Å²) in [6, 6.07) is 14.2. The van der Waals surface area contributed by atoms with Crippen LogP contribution in [0.3, 0.4) is 0 Å². The number of nitrogens with one attached hydrogen (secondary N) is 1. The van der Waals surface area contributed by atoms with E-state index >= 15 is 0 Å². The molecule has 140 valence electrons. The molecule has 5 nitrogen and oxygen atoms in total. The van der Waals surface area contributed by atoms with Gasteiger partial charge in [0.05, 0.1) is 11.4 Å². The van der Waals surface area contributed by atoms with Crippen molar-refractivity contribution in [2.75, 3.05) is 25.9 Å². The van der Waals surface area contributed by atoms with E-state index in [0.717, 1.165) is 21.4 Å². The Hall–Kier alpha value is -1.90. The first-order chi connectivity index (χ1) is 12.4. The highest BCUT2D eigenvalue weighted by molar-refractivity contribution is 7.99. The quantitative estimate of drug-likeness (QED) is 0.523. The number of likely N-dealkylation sites (N-methyl/N-ethyl adjacent to an activating group) is 1. The molecule has 2 aromatic carbocycles. The Balaban J connectivity index is 1.70. The average Bonchev–Trinajstić information content (AvgIpc) is 2.63. The maximum atomic E-state index is 12.8. The molecule has 0 fully saturated rings. The molecule has 0 heterocycles. The summed E-state index contributed by atoms with van der Waals surface area (Å²) >= 11 is 1.57. The minimum Gasteiger partial charge on any atom is -0.355 e. The van der Waals surface area contributed by atoms with Gasteiger partial charge in [-0.3, -0.25) is 4.79 Å². The van der Waals surface area contributed by atoms with Gasteiger partial charge in [-0.1, -0.05) is 18.2 Å². The summed E-state index contributed by atoms with van der Waals surface area (Å²) in [7, 11) is -2.29. The van der Waals surface area contributed by atoms with Crippen molar-refractivity contribution in [2.24, 2.45) is 0 Å². The summed E-state index contributed by atoms with van der Waals surface area (Å²) < 4.78 is 38.5. The minimum atomic E-state index is -3.67. The van der Waals surface area contributed by atoms with Crippen LogP contribution in [0.15, 0.2) is 64.4 Å². The van der Waals surface area contributed by atoms with E-state index in [1.165, 1.54) is 31.3 Å². The van der Waals surface area contributed by atoms with E-state index in [1.54, 1.807) is 42.1 Å². The van der Waals surface area contributed by atoms with Crippen LogP contribution in [0.5, 0.6) is 0 Å². The zero-order valence-corrected chi connectivity index (χ0v) is 16.0. The maximum absolute atomic E-state index is 12.8. The molecular formula is C18H21FN2O3S2. The lowest BCUT2D eigenvalue weighted by atomic mass is 10.4. The molecule has 1 N–H and O–H groups in total. The average molecular weight is 397 g/mol. The molecule has 0 aromatic heterocycles. The lowest BCUT2D eigenvalue weighted by Gasteiger charge is -2.16. The van der Waals surface area contributed by atoms with Crippen LogP contribution in [-0.2, 0) is 14.8 Å². The van der Waals surface area contributed by atoms with Crippen LogP contribution in [0, 0.1) is 5.82 Å². The van der Waals surface area contributed by atoms with Gasteiger partial charge < -0.3 is 5.32 Å². The molecule has 1 amide bonds. The molecule has 0 atom stereocenters. The summed E-state index contributed by atoms with van der Waals surface area (Å²) in [5, 5.41) is 2.71. The minimum absolute atomic E-state index is 0.158. The monoisotopic (exact) mass is 396 g/mol. The number of carbonyl (C=O) groups excluding carboxylic acids is 1. The topological polar surface area (TPSA) is 66.5 Å². The lowest BCUT2D eigenvalue weighted by Crippen LogP contribution is -2.38. The van der Waals surface area contributed by atoms with E-state index < -0.39 is 10.0 Å². The third kappa shape index (κ3) is 6.12. The Bertz CT molecular complexity index is 812. The Labute approximate surface area is 157 Å². The number of hydrogen-bond donors (Lipinski definition) is 1. The number of benzene rings is 2. The molecule has 0 spiro atoms. The fourth-order valence-electron chi connectivity index (χ4n) is 2.14. The van der Waals surface area contributed by atoms with Crippen LogP contribution in [0.25, 0.3) is 0 Å². The van der Waals surface area contributed by atoms with Crippen molar-refractivity contribution in [3.63, 3.8) is 0 Å². The van der Waals surface area contributed by atoms with E-state index in [4.69, 9.17) is 0 Å². The zero-order chi connectivity index (χ0) is 19.0. The van der Waals surface area contributed by atoms with E-state index in [9.17, 15) is 17.6 Å². The van der Waals surface area contributed by atoms with Gasteiger partial charge >= 0.3 is 0 Å². The SMILES string of the molecule is CN(CC(=O)NCCCSc1ccc(F)cc1)S(=O)(=O)c1ccccc1. The molecule has 2 aromatic rings. The number of hydrogen-bond acceptors (Lipinski definition) is 4. The number of amides is 1. The highest BCUT2D eigenvalue weighted by atomic mass is 32.2. The van der Waals surface area contributed by atoms with E-state index in [2.05, 4.69) is 5.32 Å². The molecule has 0 saturated carbocycles. The van der Waals surface area contributed by atoms with Crippen molar-refractivity contribution in [3.8, 4) is 0 Å². The van der Waals surface area contributed by atoms with Gasteiger partial charge in [0.1, 0.15) is 5.82 Å². The van der Waals surface area contributed by atoms with Crippen molar-refractivity contribution in [2.45, 2.75) is 16.2 Å². The van der Waals surface area contributed by atoms with Crippen molar-refractivity contribution >= 4 is 27.7 Å². The van der Waals surface area contributed by atoms with Gasteiger partial charge in [0.15, 0.2) is 0 Å². The van der Waals surface area contributed by atoms with Crippen LogP contribution in [-0.4, -0.2) is 44.5 Å². The number of halogens is 1. The van der Waals surface area contributed by atoms with E-state index in [0.29, 0.717) is 6.54 Å². The molecular weight excluding hydrogens is 375 g/mol. The van der Waals surface area contributed by atoms with Crippen LogP contribution in [0.1, 0.15) is 6.42 Å².